The molecule has 0 N–H and O–H groups in total. The Morgan fingerprint density at radius 1 is 1.52 bits per heavy atom. The van der Waals surface area contributed by atoms with Crippen LogP contribution >= 0.6 is 11.6 Å². The summed E-state index contributed by atoms with van der Waals surface area (Å²) in [5.41, 5.74) is 0. The minimum absolute atomic E-state index is 0.181. The molecular formula is C13H15ClFNO4S. The summed E-state index contributed by atoms with van der Waals surface area (Å²) in [7, 11) is -3.96. The van der Waals surface area contributed by atoms with Crippen molar-refractivity contribution in [3.8, 4) is 0 Å². The average molecular weight is 336 g/mol. The lowest BCUT2D eigenvalue weighted by atomic mass is 10.2. The van der Waals surface area contributed by atoms with E-state index in [-0.39, 0.29) is 23.1 Å². The van der Waals surface area contributed by atoms with Gasteiger partial charge in [-0.3, -0.25) is 4.79 Å². The van der Waals surface area contributed by atoms with Crippen LogP contribution in [-0.2, 0) is 19.6 Å². The van der Waals surface area contributed by atoms with Crippen molar-refractivity contribution in [3.05, 3.63) is 29.0 Å². The highest BCUT2D eigenvalue weighted by Crippen LogP contribution is 2.31. The molecule has 1 aromatic carbocycles. The zero-order valence-corrected chi connectivity index (χ0v) is 13.0. The number of nitrogens with zero attached hydrogens (tertiary/aromatic N) is 1. The first kappa shape index (κ1) is 16.2. The summed E-state index contributed by atoms with van der Waals surface area (Å²) in [5.74, 6) is -1.20. The molecule has 0 aromatic heterocycles. The van der Waals surface area contributed by atoms with E-state index in [2.05, 4.69) is 0 Å². The molecular weight excluding hydrogens is 321 g/mol. The SMILES string of the molecule is CCOC(=O)C1CCCN1S(=O)(=O)c1ccc(F)cc1Cl. The summed E-state index contributed by atoms with van der Waals surface area (Å²) >= 11 is 5.82. The molecule has 1 saturated heterocycles. The normalized spacial score (nSPS) is 19.7. The van der Waals surface area contributed by atoms with Gasteiger partial charge in [-0.15, -0.1) is 0 Å². The van der Waals surface area contributed by atoms with Gasteiger partial charge >= 0.3 is 5.97 Å². The van der Waals surface area contributed by atoms with Gasteiger partial charge in [-0.1, -0.05) is 11.6 Å². The van der Waals surface area contributed by atoms with E-state index in [1.807, 2.05) is 0 Å². The van der Waals surface area contributed by atoms with E-state index in [0.717, 1.165) is 22.5 Å². The highest BCUT2D eigenvalue weighted by molar-refractivity contribution is 7.89. The van der Waals surface area contributed by atoms with Crippen molar-refractivity contribution in [1.29, 1.82) is 0 Å². The van der Waals surface area contributed by atoms with Crippen LogP contribution < -0.4 is 0 Å². The second kappa shape index (κ2) is 6.29. The number of carbonyl (C=O) groups excluding carboxylic acids is 1. The molecule has 5 nitrogen and oxygen atoms in total. The monoisotopic (exact) mass is 335 g/mol. The number of hydrogen-bond donors (Lipinski definition) is 0. The van der Waals surface area contributed by atoms with Crippen LogP contribution in [0.3, 0.4) is 0 Å². The van der Waals surface area contributed by atoms with Gasteiger partial charge in [0, 0.05) is 6.54 Å². The fourth-order valence-electron chi connectivity index (χ4n) is 2.31. The number of hydrogen-bond acceptors (Lipinski definition) is 4. The van der Waals surface area contributed by atoms with Crippen molar-refractivity contribution >= 4 is 27.6 Å². The van der Waals surface area contributed by atoms with E-state index in [9.17, 15) is 17.6 Å². The van der Waals surface area contributed by atoms with Crippen LogP contribution in [0.4, 0.5) is 4.39 Å². The van der Waals surface area contributed by atoms with Crippen LogP contribution in [-0.4, -0.2) is 37.9 Å². The Morgan fingerprint density at radius 3 is 2.86 bits per heavy atom. The number of rotatable bonds is 4. The van der Waals surface area contributed by atoms with Crippen molar-refractivity contribution < 1.29 is 22.3 Å². The molecule has 2 rings (SSSR count). The second-order valence-corrected chi connectivity index (χ2v) is 6.87. The molecule has 1 aliphatic heterocycles. The maximum absolute atomic E-state index is 13.1. The molecule has 1 aliphatic rings. The molecule has 0 saturated carbocycles. The third kappa shape index (κ3) is 3.20. The lowest BCUT2D eigenvalue weighted by Gasteiger charge is -2.23. The molecule has 0 radical (unpaired) electrons. The zero-order valence-electron chi connectivity index (χ0n) is 11.4. The van der Waals surface area contributed by atoms with Crippen LogP contribution in [0.25, 0.3) is 0 Å². The molecule has 1 unspecified atom stereocenters. The molecule has 1 atom stereocenters. The average Bonchev–Trinajstić information content (AvgIpc) is 2.88. The van der Waals surface area contributed by atoms with Gasteiger partial charge in [-0.25, -0.2) is 12.8 Å². The summed E-state index contributed by atoms with van der Waals surface area (Å²) in [5, 5.41) is -0.204. The Morgan fingerprint density at radius 2 is 2.24 bits per heavy atom. The molecule has 1 aromatic rings. The van der Waals surface area contributed by atoms with E-state index < -0.39 is 27.9 Å². The molecule has 0 amide bonds. The summed E-state index contributed by atoms with van der Waals surface area (Å²) in [4.78, 5) is 11.6. The van der Waals surface area contributed by atoms with E-state index in [4.69, 9.17) is 16.3 Å². The Labute approximate surface area is 127 Å². The smallest absolute Gasteiger partial charge is 0.324 e. The summed E-state index contributed by atoms with van der Waals surface area (Å²) < 4.78 is 44.2. The largest absolute Gasteiger partial charge is 0.465 e. The van der Waals surface area contributed by atoms with E-state index in [1.165, 1.54) is 0 Å². The maximum Gasteiger partial charge on any atom is 0.324 e. The van der Waals surface area contributed by atoms with Crippen LogP contribution in [0.5, 0.6) is 0 Å². The van der Waals surface area contributed by atoms with Crippen LogP contribution in [0.1, 0.15) is 19.8 Å². The topological polar surface area (TPSA) is 63.7 Å². The molecule has 8 heteroatoms. The summed E-state index contributed by atoms with van der Waals surface area (Å²) in [6.07, 6.45) is 0.957. The van der Waals surface area contributed by atoms with Gasteiger partial charge in [0.25, 0.3) is 0 Å². The van der Waals surface area contributed by atoms with Gasteiger partial charge in [0.05, 0.1) is 11.6 Å². The van der Waals surface area contributed by atoms with E-state index in [1.54, 1.807) is 6.92 Å². The number of benzene rings is 1. The molecule has 116 valence electrons. The van der Waals surface area contributed by atoms with Gasteiger partial charge in [0.2, 0.25) is 10.0 Å². The number of halogens is 2. The number of carbonyl (C=O) groups is 1. The van der Waals surface area contributed by atoms with Crippen molar-refractivity contribution in [3.63, 3.8) is 0 Å². The standard InChI is InChI=1S/C13H15ClFNO4S/c1-2-20-13(17)11-4-3-7-16(11)21(18,19)12-6-5-9(15)8-10(12)14/h5-6,8,11H,2-4,7H2,1H3. The zero-order chi connectivity index (χ0) is 15.6. The quantitative estimate of drug-likeness (QED) is 0.791. The summed E-state index contributed by atoms with van der Waals surface area (Å²) in [6, 6.07) is 2.21. The van der Waals surface area contributed by atoms with Crippen LogP contribution in [0.2, 0.25) is 5.02 Å². The van der Waals surface area contributed by atoms with Crippen molar-refractivity contribution in [2.24, 2.45) is 0 Å². The predicted molar refractivity (Wildman–Crippen MR) is 75.0 cm³/mol. The van der Waals surface area contributed by atoms with Crippen LogP contribution in [0, 0.1) is 5.82 Å². The van der Waals surface area contributed by atoms with Gasteiger partial charge in [-0.2, -0.15) is 4.31 Å². The molecule has 0 aliphatic carbocycles. The third-order valence-corrected chi connectivity index (χ3v) is 5.63. The summed E-state index contributed by atoms with van der Waals surface area (Å²) in [6.45, 7) is 2.04. The molecule has 21 heavy (non-hydrogen) atoms. The Balaban J connectivity index is 2.36. The van der Waals surface area contributed by atoms with E-state index in [0.29, 0.717) is 12.8 Å². The number of ether oxygens (including phenoxy) is 1. The fourth-order valence-corrected chi connectivity index (χ4v) is 4.47. The predicted octanol–water partition coefficient (Wildman–Crippen LogP) is 2.20. The minimum Gasteiger partial charge on any atom is -0.465 e. The first-order chi connectivity index (χ1) is 9.87. The van der Waals surface area contributed by atoms with Crippen molar-refractivity contribution in [1.82, 2.24) is 4.31 Å². The molecule has 0 spiro atoms. The molecule has 1 fully saturated rings. The maximum atomic E-state index is 13.1. The Hall–Kier alpha value is -1.18. The van der Waals surface area contributed by atoms with Crippen molar-refractivity contribution in [2.75, 3.05) is 13.2 Å². The Bertz CT molecular complexity index is 650. The van der Waals surface area contributed by atoms with Gasteiger partial charge < -0.3 is 4.74 Å². The molecule has 1 heterocycles. The first-order valence-corrected chi connectivity index (χ1v) is 8.33. The first-order valence-electron chi connectivity index (χ1n) is 6.51. The lowest BCUT2D eigenvalue weighted by Crippen LogP contribution is -2.41. The third-order valence-electron chi connectivity index (χ3n) is 3.24. The number of sulfonamides is 1. The highest BCUT2D eigenvalue weighted by atomic mass is 35.5. The van der Waals surface area contributed by atoms with Gasteiger partial charge in [-0.05, 0) is 38.0 Å². The molecule has 0 bridgehead atoms. The highest BCUT2D eigenvalue weighted by Gasteiger charge is 2.41. The van der Waals surface area contributed by atoms with Crippen LogP contribution in [0.15, 0.2) is 23.1 Å². The minimum atomic E-state index is -3.96. The van der Waals surface area contributed by atoms with Crippen molar-refractivity contribution in [2.45, 2.75) is 30.7 Å². The fraction of sp³-hybridized carbons (Fsp3) is 0.462. The van der Waals surface area contributed by atoms with Gasteiger partial charge in [0.1, 0.15) is 16.8 Å². The second-order valence-electron chi connectivity index (χ2n) is 4.60. The Kier molecular flexibility index (Phi) is 4.85. The number of esters is 1. The lowest BCUT2D eigenvalue weighted by molar-refractivity contribution is -0.146. The van der Waals surface area contributed by atoms with Gasteiger partial charge in [0.15, 0.2) is 0 Å². The van der Waals surface area contributed by atoms with E-state index >= 15 is 0 Å².